The van der Waals surface area contributed by atoms with Gasteiger partial charge in [0, 0.05) is 24.4 Å². The zero-order chi connectivity index (χ0) is 13.5. The molecule has 0 fully saturated rings. The van der Waals surface area contributed by atoms with Crippen LogP contribution < -0.4 is 11.1 Å². The predicted octanol–water partition coefficient (Wildman–Crippen LogP) is 2.71. The molecule has 0 unspecified atom stereocenters. The molecule has 1 rings (SSSR count). The van der Waals surface area contributed by atoms with Gasteiger partial charge < -0.3 is 15.8 Å². The van der Waals surface area contributed by atoms with E-state index in [4.69, 9.17) is 22.7 Å². The van der Waals surface area contributed by atoms with E-state index in [9.17, 15) is 0 Å². The number of anilines is 1. The summed E-state index contributed by atoms with van der Waals surface area (Å²) in [4.78, 5) is 0.421. The molecular formula is C14H22N2OS. The van der Waals surface area contributed by atoms with Gasteiger partial charge in [0.05, 0.1) is 6.61 Å². The summed E-state index contributed by atoms with van der Waals surface area (Å²) in [6, 6.07) is 6.05. The molecular weight excluding hydrogens is 244 g/mol. The number of hydrogen-bond donors (Lipinski definition) is 2. The van der Waals surface area contributed by atoms with Gasteiger partial charge in [-0.15, -0.1) is 0 Å². The summed E-state index contributed by atoms with van der Waals surface area (Å²) in [5.41, 5.74) is 8.74. The summed E-state index contributed by atoms with van der Waals surface area (Å²) >= 11 is 5.05. The van der Waals surface area contributed by atoms with Gasteiger partial charge in [-0.3, -0.25) is 0 Å². The Kier molecular flexibility index (Phi) is 6.09. The molecule has 0 spiro atoms. The van der Waals surface area contributed by atoms with Crippen molar-refractivity contribution in [1.82, 2.24) is 0 Å². The molecule has 0 radical (unpaired) electrons. The van der Waals surface area contributed by atoms with Crippen LogP contribution in [-0.2, 0) is 4.74 Å². The maximum atomic E-state index is 5.71. The number of aryl methyl sites for hydroxylation is 1. The van der Waals surface area contributed by atoms with E-state index in [1.807, 2.05) is 25.1 Å². The smallest absolute Gasteiger partial charge is 0.106 e. The lowest BCUT2D eigenvalue weighted by Crippen LogP contribution is -2.16. The molecule has 0 aromatic heterocycles. The van der Waals surface area contributed by atoms with Gasteiger partial charge in [-0.2, -0.15) is 0 Å². The van der Waals surface area contributed by atoms with Crippen LogP contribution in [0.1, 0.15) is 25.0 Å². The zero-order valence-electron chi connectivity index (χ0n) is 11.3. The third-order valence-corrected chi connectivity index (χ3v) is 2.67. The topological polar surface area (TPSA) is 47.3 Å². The highest BCUT2D eigenvalue weighted by Crippen LogP contribution is 2.17. The molecule has 3 nitrogen and oxygen atoms in total. The standard InChI is InChI=1S/C14H22N2OS/c1-10(2)9-17-7-6-16-13-5-4-11(3)8-12(13)14(15)18/h4-5,8,10,16H,6-7,9H2,1-3H3,(H2,15,18). The van der Waals surface area contributed by atoms with Crippen molar-refractivity contribution in [2.45, 2.75) is 20.8 Å². The summed E-state index contributed by atoms with van der Waals surface area (Å²) in [5.74, 6) is 0.566. The summed E-state index contributed by atoms with van der Waals surface area (Å²) in [6.45, 7) is 8.53. The minimum atomic E-state index is 0.421. The van der Waals surface area contributed by atoms with E-state index in [0.717, 1.165) is 30.0 Å². The van der Waals surface area contributed by atoms with Gasteiger partial charge in [0.1, 0.15) is 4.99 Å². The van der Waals surface area contributed by atoms with Crippen molar-refractivity contribution in [3.8, 4) is 0 Å². The highest BCUT2D eigenvalue weighted by molar-refractivity contribution is 7.80. The molecule has 18 heavy (non-hydrogen) atoms. The molecule has 0 amide bonds. The van der Waals surface area contributed by atoms with E-state index >= 15 is 0 Å². The van der Waals surface area contributed by atoms with Crippen LogP contribution in [0.15, 0.2) is 18.2 Å². The number of benzene rings is 1. The van der Waals surface area contributed by atoms with Gasteiger partial charge in [-0.05, 0) is 25.0 Å². The molecule has 0 aliphatic heterocycles. The molecule has 0 bridgehead atoms. The van der Waals surface area contributed by atoms with Crippen LogP contribution >= 0.6 is 12.2 Å². The molecule has 0 saturated carbocycles. The van der Waals surface area contributed by atoms with E-state index < -0.39 is 0 Å². The molecule has 0 aliphatic rings. The fourth-order valence-electron chi connectivity index (χ4n) is 1.59. The maximum absolute atomic E-state index is 5.71. The average Bonchev–Trinajstić information content (AvgIpc) is 2.29. The van der Waals surface area contributed by atoms with Crippen molar-refractivity contribution in [2.75, 3.05) is 25.1 Å². The van der Waals surface area contributed by atoms with Gasteiger partial charge in [0.2, 0.25) is 0 Å². The molecule has 1 aromatic rings. The molecule has 100 valence electrons. The lowest BCUT2D eigenvalue weighted by molar-refractivity contribution is 0.118. The average molecular weight is 266 g/mol. The van der Waals surface area contributed by atoms with Crippen molar-refractivity contribution in [3.63, 3.8) is 0 Å². The molecule has 0 saturated heterocycles. The summed E-state index contributed by atoms with van der Waals surface area (Å²) in [5, 5.41) is 3.30. The lowest BCUT2D eigenvalue weighted by atomic mass is 10.1. The van der Waals surface area contributed by atoms with Crippen molar-refractivity contribution in [2.24, 2.45) is 11.7 Å². The molecule has 0 atom stereocenters. The monoisotopic (exact) mass is 266 g/mol. The molecule has 4 heteroatoms. The van der Waals surface area contributed by atoms with Crippen LogP contribution in [0.3, 0.4) is 0 Å². The van der Waals surface area contributed by atoms with E-state index in [1.165, 1.54) is 0 Å². The van der Waals surface area contributed by atoms with Crippen LogP contribution in [0.25, 0.3) is 0 Å². The minimum absolute atomic E-state index is 0.421. The third kappa shape index (κ3) is 5.02. The third-order valence-electron chi connectivity index (χ3n) is 2.45. The Hall–Kier alpha value is -1.13. The summed E-state index contributed by atoms with van der Waals surface area (Å²) in [6.07, 6.45) is 0. The Morgan fingerprint density at radius 2 is 2.17 bits per heavy atom. The first kappa shape index (κ1) is 14.9. The number of rotatable bonds is 7. The quantitative estimate of drug-likeness (QED) is 0.588. The van der Waals surface area contributed by atoms with Crippen LogP contribution in [-0.4, -0.2) is 24.7 Å². The summed E-state index contributed by atoms with van der Waals surface area (Å²) in [7, 11) is 0. The fraction of sp³-hybridized carbons (Fsp3) is 0.500. The Morgan fingerprint density at radius 1 is 1.44 bits per heavy atom. The van der Waals surface area contributed by atoms with Gasteiger partial charge in [0.25, 0.3) is 0 Å². The predicted molar refractivity (Wildman–Crippen MR) is 81.2 cm³/mol. The fourth-order valence-corrected chi connectivity index (χ4v) is 1.76. The van der Waals surface area contributed by atoms with Crippen LogP contribution in [0, 0.1) is 12.8 Å². The van der Waals surface area contributed by atoms with Crippen molar-refractivity contribution < 1.29 is 4.74 Å². The lowest BCUT2D eigenvalue weighted by Gasteiger charge is -2.12. The highest BCUT2D eigenvalue weighted by atomic mass is 32.1. The second-order valence-electron chi connectivity index (χ2n) is 4.81. The van der Waals surface area contributed by atoms with Gasteiger partial charge in [-0.25, -0.2) is 0 Å². The first-order valence-electron chi connectivity index (χ1n) is 6.22. The minimum Gasteiger partial charge on any atom is -0.389 e. The second kappa shape index (κ2) is 7.34. The molecule has 3 N–H and O–H groups in total. The Bertz CT molecular complexity index is 405. The Balaban J connectivity index is 2.49. The first-order valence-corrected chi connectivity index (χ1v) is 6.63. The molecule has 0 aliphatic carbocycles. The Morgan fingerprint density at radius 3 is 2.78 bits per heavy atom. The summed E-state index contributed by atoms with van der Waals surface area (Å²) < 4.78 is 5.51. The van der Waals surface area contributed by atoms with E-state index in [-0.39, 0.29) is 0 Å². The van der Waals surface area contributed by atoms with Gasteiger partial charge in [-0.1, -0.05) is 37.7 Å². The van der Waals surface area contributed by atoms with E-state index in [1.54, 1.807) is 0 Å². The van der Waals surface area contributed by atoms with Crippen molar-refractivity contribution >= 4 is 22.9 Å². The normalized spacial score (nSPS) is 10.7. The van der Waals surface area contributed by atoms with Crippen molar-refractivity contribution in [3.05, 3.63) is 29.3 Å². The van der Waals surface area contributed by atoms with Crippen molar-refractivity contribution in [1.29, 1.82) is 0 Å². The zero-order valence-corrected chi connectivity index (χ0v) is 12.1. The second-order valence-corrected chi connectivity index (χ2v) is 5.25. The van der Waals surface area contributed by atoms with E-state index in [2.05, 4.69) is 19.2 Å². The number of nitrogens with two attached hydrogens (primary N) is 1. The Labute approximate surface area is 115 Å². The van der Waals surface area contributed by atoms with Crippen LogP contribution in [0.5, 0.6) is 0 Å². The van der Waals surface area contributed by atoms with Crippen LogP contribution in [0.2, 0.25) is 0 Å². The first-order chi connectivity index (χ1) is 8.50. The maximum Gasteiger partial charge on any atom is 0.106 e. The van der Waals surface area contributed by atoms with Gasteiger partial charge in [0.15, 0.2) is 0 Å². The van der Waals surface area contributed by atoms with Gasteiger partial charge >= 0.3 is 0 Å². The number of nitrogens with one attached hydrogen (secondary N) is 1. The number of hydrogen-bond acceptors (Lipinski definition) is 3. The SMILES string of the molecule is Cc1ccc(NCCOCC(C)C)c(C(N)=S)c1. The molecule has 0 heterocycles. The number of ether oxygens (including phenoxy) is 1. The van der Waals surface area contributed by atoms with E-state index in [0.29, 0.717) is 17.5 Å². The molecule has 1 aromatic carbocycles. The highest BCUT2D eigenvalue weighted by Gasteiger charge is 2.04. The van der Waals surface area contributed by atoms with Crippen LogP contribution in [0.4, 0.5) is 5.69 Å². The number of thiocarbonyl (C=S) groups is 1. The largest absolute Gasteiger partial charge is 0.389 e.